The SMILES string of the molecule is CNC(=O)C[C@@H]1CN(Cc2ncc[nH]2)C[C@@H]1OC. The molecule has 2 heterocycles. The summed E-state index contributed by atoms with van der Waals surface area (Å²) < 4.78 is 5.47. The number of methoxy groups -OCH3 is 1. The zero-order chi connectivity index (χ0) is 13.0. The molecular weight excluding hydrogens is 232 g/mol. The molecule has 1 aliphatic heterocycles. The molecule has 100 valence electrons. The van der Waals surface area contributed by atoms with Crippen molar-refractivity contribution in [3.05, 3.63) is 18.2 Å². The Labute approximate surface area is 107 Å². The number of amides is 1. The van der Waals surface area contributed by atoms with E-state index in [0.29, 0.717) is 6.42 Å². The molecule has 1 saturated heterocycles. The van der Waals surface area contributed by atoms with Crippen molar-refractivity contribution < 1.29 is 9.53 Å². The molecule has 1 aromatic rings. The minimum atomic E-state index is 0.0712. The number of nitrogens with one attached hydrogen (secondary N) is 2. The Morgan fingerprint density at radius 3 is 3.11 bits per heavy atom. The van der Waals surface area contributed by atoms with E-state index in [9.17, 15) is 4.79 Å². The molecule has 0 bridgehead atoms. The molecule has 1 fully saturated rings. The van der Waals surface area contributed by atoms with Crippen LogP contribution in [0.25, 0.3) is 0 Å². The van der Waals surface area contributed by atoms with Gasteiger partial charge in [-0.25, -0.2) is 4.98 Å². The van der Waals surface area contributed by atoms with Gasteiger partial charge >= 0.3 is 0 Å². The Balaban J connectivity index is 1.91. The molecule has 6 heteroatoms. The number of likely N-dealkylation sites (tertiary alicyclic amines) is 1. The van der Waals surface area contributed by atoms with E-state index in [4.69, 9.17) is 4.74 Å². The van der Waals surface area contributed by atoms with Gasteiger partial charge in [0.25, 0.3) is 0 Å². The normalized spacial score (nSPS) is 24.3. The van der Waals surface area contributed by atoms with Gasteiger partial charge in [0.05, 0.1) is 12.6 Å². The Morgan fingerprint density at radius 2 is 2.50 bits per heavy atom. The highest BCUT2D eigenvalue weighted by molar-refractivity contribution is 5.75. The van der Waals surface area contributed by atoms with Crippen LogP contribution in [-0.4, -0.2) is 54.1 Å². The molecule has 0 unspecified atom stereocenters. The minimum absolute atomic E-state index is 0.0712. The molecule has 0 radical (unpaired) electrons. The number of carbonyl (C=O) groups is 1. The molecule has 0 aliphatic carbocycles. The first-order valence-corrected chi connectivity index (χ1v) is 6.17. The van der Waals surface area contributed by atoms with Crippen molar-refractivity contribution >= 4 is 5.91 Å². The monoisotopic (exact) mass is 252 g/mol. The maximum Gasteiger partial charge on any atom is 0.220 e. The van der Waals surface area contributed by atoms with Crippen LogP contribution in [-0.2, 0) is 16.1 Å². The number of nitrogens with zero attached hydrogens (tertiary/aromatic N) is 2. The summed E-state index contributed by atoms with van der Waals surface area (Å²) in [5, 5.41) is 2.67. The van der Waals surface area contributed by atoms with Crippen LogP contribution in [0.3, 0.4) is 0 Å². The largest absolute Gasteiger partial charge is 0.380 e. The quantitative estimate of drug-likeness (QED) is 0.773. The summed E-state index contributed by atoms with van der Waals surface area (Å²) >= 11 is 0. The van der Waals surface area contributed by atoms with Crippen molar-refractivity contribution in [3.8, 4) is 0 Å². The third-order valence-electron chi connectivity index (χ3n) is 3.41. The highest BCUT2D eigenvalue weighted by atomic mass is 16.5. The molecule has 18 heavy (non-hydrogen) atoms. The molecule has 1 aromatic heterocycles. The third kappa shape index (κ3) is 3.08. The molecule has 0 spiro atoms. The van der Waals surface area contributed by atoms with E-state index >= 15 is 0 Å². The summed E-state index contributed by atoms with van der Waals surface area (Å²) in [6.07, 6.45) is 4.21. The number of aromatic nitrogens is 2. The summed E-state index contributed by atoms with van der Waals surface area (Å²) in [6.45, 7) is 2.49. The van der Waals surface area contributed by atoms with Crippen LogP contribution in [0.4, 0.5) is 0 Å². The number of carbonyl (C=O) groups excluding carboxylic acids is 1. The Morgan fingerprint density at radius 1 is 1.67 bits per heavy atom. The van der Waals surface area contributed by atoms with Gasteiger partial charge in [-0.1, -0.05) is 0 Å². The fourth-order valence-corrected chi connectivity index (χ4v) is 2.46. The number of hydrogen-bond acceptors (Lipinski definition) is 4. The van der Waals surface area contributed by atoms with Crippen molar-refractivity contribution in [2.45, 2.75) is 19.1 Å². The van der Waals surface area contributed by atoms with Gasteiger partial charge in [0.15, 0.2) is 0 Å². The van der Waals surface area contributed by atoms with Gasteiger partial charge in [0.1, 0.15) is 5.82 Å². The number of H-pyrrole nitrogens is 1. The van der Waals surface area contributed by atoms with Gasteiger partial charge in [-0.05, 0) is 0 Å². The predicted octanol–water partition coefficient (Wildman–Crippen LogP) is -0.00740. The van der Waals surface area contributed by atoms with Crippen molar-refractivity contribution in [1.82, 2.24) is 20.2 Å². The van der Waals surface area contributed by atoms with Gasteiger partial charge < -0.3 is 15.0 Å². The summed E-state index contributed by atoms with van der Waals surface area (Å²) in [5.74, 6) is 1.28. The van der Waals surface area contributed by atoms with Crippen molar-refractivity contribution in [2.24, 2.45) is 5.92 Å². The van der Waals surface area contributed by atoms with E-state index in [1.807, 2.05) is 6.20 Å². The third-order valence-corrected chi connectivity index (χ3v) is 3.41. The van der Waals surface area contributed by atoms with E-state index in [1.165, 1.54) is 0 Å². The summed E-state index contributed by atoms with van der Waals surface area (Å²) in [7, 11) is 3.37. The minimum Gasteiger partial charge on any atom is -0.380 e. The molecule has 0 saturated carbocycles. The van der Waals surface area contributed by atoms with Crippen molar-refractivity contribution in [3.63, 3.8) is 0 Å². The lowest BCUT2D eigenvalue weighted by Crippen LogP contribution is -2.28. The zero-order valence-corrected chi connectivity index (χ0v) is 10.8. The Kier molecular flexibility index (Phi) is 4.33. The van der Waals surface area contributed by atoms with E-state index in [0.717, 1.165) is 25.5 Å². The van der Waals surface area contributed by atoms with Crippen molar-refractivity contribution in [1.29, 1.82) is 0 Å². The molecule has 2 rings (SSSR count). The number of rotatable bonds is 5. The summed E-state index contributed by atoms with van der Waals surface area (Å²) in [6, 6.07) is 0. The van der Waals surface area contributed by atoms with Gasteiger partial charge in [-0.15, -0.1) is 0 Å². The maximum atomic E-state index is 11.4. The molecular formula is C12H20N4O2. The second-order valence-corrected chi connectivity index (χ2v) is 4.64. The smallest absolute Gasteiger partial charge is 0.220 e. The van der Waals surface area contributed by atoms with E-state index in [2.05, 4.69) is 20.2 Å². The fourth-order valence-electron chi connectivity index (χ4n) is 2.46. The van der Waals surface area contributed by atoms with Crippen LogP contribution in [0.15, 0.2) is 12.4 Å². The lowest BCUT2D eigenvalue weighted by Gasteiger charge is -2.15. The number of ether oxygens (including phenoxy) is 1. The second kappa shape index (κ2) is 5.97. The zero-order valence-electron chi connectivity index (χ0n) is 10.8. The van der Waals surface area contributed by atoms with Crippen LogP contribution >= 0.6 is 0 Å². The average molecular weight is 252 g/mol. The Hall–Kier alpha value is -1.40. The first-order chi connectivity index (χ1) is 8.72. The van der Waals surface area contributed by atoms with Crippen LogP contribution in [0, 0.1) is 5.92 Å². The van der Waals surface area contributed by atoms with Gasteiger partial charge in [-0.2, -0.15) is 0 Å². The molecule has 1 aliphatic rings. The lowest BCUT2D eigenvalue weighted by molar-refractivity contribution is -0.122. The average Bonchev–Trinajstić information content (AvgIpc) is 2.99. The topological polar surface area (TPSA) is 70.2 Å². The van der Waals surface area contributed by atoms with Gasteiger partial charge in [0.2, 0.25) is 5.91 Å². The van der Waals surface area contributed by atoms with Crippen LogP contribution in [0.2, 0.25) is 0 Å². The van der Waals surface area contributed by atoms with Crippen molar-refractivity contribution in [2.75, 3.05) is 27.2 Å². The molecule has 2 atom stereocenters. The Bertz CT molecular complexity index is 379. The van der Waals surface area contributed by atoms with E-state index < -0.39 is 0 Å². The van der Waals surface area contributed by atoms with E-state index in [-0.39, 0.29) is 17.9 Å². The van der Waals surface area contributed by atoms with Crippen LogP contribution in [0.1, 0.15) is 12.2 Å². The highest BCUT2D eigenvalue weighted by Gasteiger charge is 2.34. The molecule has 1 amide bonds. The summed E-state index contributed by atoms with van der Waals surface area (Å²) in [5.41, 5.74) is 0. The first kappa shape index (κ1) is 13.0. The second-order valence-electron chi connectivity index (χ2n) is 4.64. The molecule has 6 nitrogen and oxygen atoms in total. The number of imidazole rings is 1. The van der Waals surface area contributed by atoms with Gasteiger partial charge in [-0.3, -0.25) is 9.69 Å². The summed E-state index contributed by atoms with van der Waals surface area (Å²) in [4.78, 5) is 21.0. The molecule has 2 N–H and O–H groups in total. The maximum absolute atomic E-state index is 11.4. The molecule has 0 aromatic carbocycles. The standard InChI is InChI=1S/C12H20N4O2/c1-13-12(17)5-9-6-16(7-10(9)18-2)8-11-14-3-4-15-11/h3-4,9-10H,5-8H2,1-2H3,(H,13,17)(H,14,15)/t9-,10+/m1/s1. The van der Waals surface area contributed by atoms with Crippen LogP contribution < -0.4 is 5.32 Å². The predicted molar refractivity (Wildman–Crippen MR) is 66.8 cm³/mol. The van der Waals surface area contributed by atoms with E-state index in [1.54, 1.807) is 20.4 Å². The highest BCUT2D eigenvalue weighted by Crippen LogP contribution is 2.23. The fraction of sp³-hybridized carbons (Fsp3) is 0.667. The van der Waals surface area contributed by atoms with Crippen LogP contribution in [0.5, 0.6) is 0 Å². The lowest BCUT2D eigenvalue weighted by atomic mass is 10.0. The first-order valence-electron chi connectivity index (χ1n) is 6.17. The number of hydrogen-bond donors (Lipinski definition) is 2. The van der Waals surface area contributed by atoms with Gasteiger partial charge in [0, 0.05) is 52.0 Å². The number of aromatic amines is 1.